The molecule has 17 heavy (non-hydrogen) atoms. The summed E-state index contributed by atoms with van der Waals surface area (Å²) < 4.78 is 0. The van der Waals surface area contributed by atoms with Crippen LogP contribution in [0, 0.1) is 11.8 Å². The summed E-state index contributed by atoms with van der Waals surface area (Å²) >= 11 is 0. The maximum Gasteiger partial charge on any atom is 0.242 e. The van der Waals surface area contributed by atoms with Crippen molar-refractivity contribution < 1.29 is 14.4 Å². The largest absolute Gasteiger partial charge is 0.347 e. The highest BCUT2D eigenvalue weighted by molar-refractivity contribution is 6.07. The molecule has 0 unspecified atom stereocenters. The molecule has 0 N–H and O–H groups in total. The number of hydrogen-bond acceptors (Lipinski definition) is 3. The molecule has 3 amide bonds. The minimum Gasteiger partial charge on any atom is -0.347 e. The summed E-state index contributed by atoms with van der Waals surface area (Å²) in [6.45, 7) is -0.0995. The molecule has 0 radical (unpaired) electrons. The summed E-state index contributed by atoms with van der Waals surface area (Å²) in [6.07, 6.45) is 3.61. The highest BCUT2D eigenvalue weighted by Gasteiger charge is 2.48. The van der Waals surface area contributed by atoms with E-state index in [1.165, 1.54) is 4.90 Å². The van der Waals surface area contributed by atoms with Crippen LogP contribution in [0.25, 0.3) is 0 Å². The topological polar surface area (TPSA) is 57.7 Å². The van der Waals surface area contributed by atoms with Crippen LogP contribution in [-0.4, -0.2) is 48.2 Å². The van der Waals surface area contributed by atoms with E-state index < -0.39 is 0 Å². The maximum absolute atomic E-state index is 12.0. The average molecular weight is 238 g/mol. The molecule has 0 bridgehead atoms. The van der Waals surface area contributed by atoms with Crippen LogP contribution in [0.5, 0.6) is 0 Å². The molecule has 0 aromatic rings. The normalized spacial score (nSPS) is 28.2. The van der Waals surface area contributed by atoms with Crippen molar-refractivity contribution >= 4 is 17.7 Å². The summed E-state index contributed by atoms with van der Waals surface area (Å²) in [5.74, 6) is -0.812. The number of likely N-dealkylation sites (tertiary alicyclic amines) is 1. The number of carbonyl (C=O) groups excluding carboxylic acids is 3. The number of likely N-dealkylation sites (N-methyl/N-ethyl adjacent to an activating group) is 1. The second-order valence-electron chi connectivity index (χ2n) is 5.05. The lowest BCUT2D eigenvalue weighted by Gasteiger charge is -2.19. The zero-order valence-corrected chi connectivity index (χ0v) is 10.3. The number of fused-ring (bicyclic) bond motifs is 1. The Kier molecular flexibility index (Phi) is 3.17. The van der Waals surface area contributed by atoms with E-state index in [0.29, 0.717) is 0 Å². The summed E-state index contributed by atoms with van der Waals surface area (Å²) in [6, 6.07) is 0. The Morgan fingerprint density at radius 2 is 1.65 bits per heavy atom. The van der Waals surface area contributed by atoms with Gasteiger partial charge in [0.25, 0.3) is 0 Å². The first kappa shape index (κ1) is 12.1. The summed E-state index contributed by atoms with van der Waals surface area (Å²) in [7, 11) is 3.25. The lowest BCUT2D eigenvalue weighted by molar-refractivity contribution is -0.145. The lowest BCUT2D eigenvalue weighted by atomic mass is 9.81. The Bertz CT molecular complexity index is 341. The molecule has 0 aromatic carbocycles. The maximum atomic E-state index is 12.0. The van der Waals surface area contributed by atoms with Gasteiger partial charge in [-0.2, -0.15) is 0 Å². The second kappa shape index (κ2) is 4.47. The Labute approximate surface area is 101 Å². The molecule has 1 saturated carbocycles. The molecule has 1 heterocycles. The molecule has 5 heteroatoms. The molecule has 2 atom stereocenters. The zero-order chi connectivity index (χ0) is 12.6. The number of rotatable bonds is 2. The highest BCUT2D eigenvalue weighted by atomic mass is 16.2. The van der Waals surface area contributed by atoms with Gasteiger partial charge in [0.05, 0.1) is 11.8 Å². The highest BCUT2D eigenvalue weighted by Crippen LogP contribution is 2.37. The minimum atomic E-state index is -0.203. The van der Waals surface area contributed by atoms with Crippen molar-refractivity contribution in [1.29, 1.82) is 0 Å². The Morgan fingerprint density at radius 3 is 2.06 bits per heavy atom. The molecule has 1 aliphatic heterocycles. The van der Waals surface area contributed by atoms with Gasteiger partial charge in [-0.05, 0) is 12.8 Å². The molecule has 94 valence electrons. The van der Waals surface area contributed by atoms with Crippen molar-refractivity contribution in [2.24, 2.45) is 11.8 Å². The smallest absolute Gasteiger partial charge is 0.242 e. The second-order valence-corrected chi connectivity index (χ2v) is 5.05. The molecule has 2 fully saturated rings. The van der Waals surface area contributed by atoms with Crippen molar-refractivity contribution in [3.63, 3.8) is 0 Å². The van der Waals surface area contributed by atoms with Crippen LogP contribution < -0.4 is 0 Å². The van der Waals surface area contributed by atoms with E-state index in [9.17, 15) is 14.4 Å². The molecule has 0 spiro atoms. The Balaban J connectivity index is 2.11. The zero-order valence-electron chi connectivity index (χ0n) is 10.3. The number of imide groups is 1. The van der Waals surface area contributed by atoms with E-state index in [4.69, 9.17) is 0 Å². The standard InChI is InChI=1S/C12H18N2O3/c1-13(2)10(15)7-14-11(16)8-5-3-4-6-9(8)12(14)17/h8-9H,3-7H2,1-2H3/t8-,9-/m0/s1. The first-order valence-electron chi connectivity index (χ1n) is 6.07. The van der Waals surface area contributed by atoms with Gasteiger partial charge in [-0.15, -0.1) is 0 Å². The van der Waals surface area contributed by atoms with Crippen molar-refractivity contribution in [3.8, 4) is 0 Å². The minimum absolute atomic E-state index is 0.0995. The number of hydrogen-bond donors (Lipinski definition) is 0. The van der Waals surface area contributed by atoms with E-state index in [-0.39, 0.29) is 36.1 Å². The molecular weight excluding hydrogens is 220 g/mol. The van der Waals surface area contributed by atoms with E-state index in [2.05, 4.69) is 0 Å². The predicted molar refractivity (Wildman–Crippen MR) is 60.9 cm³/mol. The van der Waals surface area contributed by atoms with Crippen LogP contribution in [0.1, 0.15) is 25.7 Å². The van der Waals surface area contributed by atoms with Gasteiger partial charge in [0.15, 0.2) is 0 Å². The van der Waals surface area contributed by atoms with Crippen molar-refractivity contribution in [2.75, 3.05) is 20.6 Å². The third-order valence-corrected chi connectivity index (χ3v) is 3.72. The molecule has 1 aliphatic carbocycles. The lowest BCUT2D eigenvalue weighted by Crippen LogP contribution is -2.40. The van der Waals surface area contributed by atoms with Gasteiger partial charge in [0, 0.05) is 14.1 Å². The summed E-state index contributed by atoms with van der Waals surface area (Å²) in [5.41, 5.74) is 0. The van der Waals surface area contributed by atoms with Crippen LogP contribution in [0.4, 0.5) is 0 Å². The molecule has 5 nitrogen and oxygen atoms in total. The van der Waals surface area contributed by atoms with Gasteiger partial charge in [-0.3, -0.25) is 19.3 Å². The Morgan fingerprint density at radius 1 is 1.18 bits per heavy atom. The third-order valence-electron chi connectivity index (χ3n) is 3.72. The molecule has 1 saturated heterocycles. The van der Waals surface area contributed by atoms with Gasteiger partial charge in [0.2, 0.25) is 17.7 Å². The predicted octanol–water partition coefficient (Wildman–Crippen LogP) is 0.250. The van der Waals surface area contributed by atoms with E-state index in [0.717, 1.165) is 30.6 Å². The SMILES string of the molecule is CN(C)C(=O)CN1C(=O)[C@H]2CCCC[C@@H]2C1=O. The van der Waals surface area contributed by atoms with E-state index in [1.807, 2.05) is 0 Å². The van der Waals surface area contributed by atoms with Gasteiger partial charge in [-0.1, -0.05) is 12.8 Å². The number of amides is 3. The number of nitrogens with zero attached hydrogens (tertiary/aromatic N) is 2. The van der Waals surface area contributed by atoms with Crippen LogP contribution in [-0.2, 0) is 14.4 Å². The first-order chi connectivity index (χ1) is 8.02. The van der Waals surface area contributed by atoms with E-state index >= 15 is 0 Å². The fraction of sp³-hybridized carbons (Fsp3) is 0.750. The molecule has 0 aromatic heterocycles. The Hall–Kier alpha value is -1.39. The van der Waals surface area contributed by atoms with Gasteiger partial charge in [0.1, 0.15) is 6.54 Å². The van der Waals surface area contributed by atoms with Crippen molar-refractivity contribution in [1.82, 2.24) is 9.80 Å². The monoisotopic (exact) mass is 238 g/mol. The fourth-order valence-electron chi connectivity index (χ4n) is 2.66. The molecule has 2 aliphatic rings. The summed E-state index contributed by atoms with van der Waals surface area (Å²) in [4.78, 5) is 38.2. The van der Waals surface area contributed by atoms with Gasteiger partial charge in [-0.25, -0.2) is 0 Å². The molecular formula is C12H18N2O3. The van der Waals surface area contributed by atoms with Gasteiger partial charge < -0.3 is 4.90 Å². The first-order valence-corrected chi connectivity index (χ1v) is 6.07. The fourth-order valence-corrected chi connectivity index (χ4v) is 2.66. The quantitative estimate of drug-likeness (QED) is 0.648. The van der Waals surface area contributed by atoms with Gasteiger partial charge >= 0.3 is 0 Å². The molecule has 2 rings (SSSR count). The third kappa shape index (κ3) is 2.06. The van der Waals surface area contributed by atoms with Crippen molar-refractivity contribution in [2.45, 2.75) is 25.7 Å². The number of carbonyl (C=O) groups is 3. The van der Waals surface area contributed by atoms with Crippen LogP contribution in [0.3, 0.4) is 0 Å². The van der Waals surface area contributed by atoms with E-state index in [1.54, 1.807) is 14.1 Å². The summed E-state index contributed by atoms with van der Waals surface area (Å²) in [5, 5.41) is 0. The average Bonchev–Trinajstić information content (AvgIpc) is 2.55. The van der Waals surface area contributed by atoms with Crippen LogP contribution in [0.15, 0.2) is 0 Å². The van der Waals surface area contributed by atoms with Crippen molar-refractivity contribution in [3.05, 3.63) is 0 Å². The van der Waals surface area contributed by atoms with Crippen LogP contribution >= 0.6 is 0 Å². The van der Waals surface area contributed by atoms with Crippen LogP contribution in [0.2, 0.25) is 0 Å².